The van der Waals surface area contributed by atoms with Crippen molar-refractivity contribution >= 4 is 35.5 Å². The minimum Gasteiger partial charge on any atom is -0.247 e. The predicted octanol–water partition coefficient (Wildman–Crippen LogP) is 2.76. The molecule has 0 bridgehead atoms. The van der Waals surface area contributed by atoms with Crippen molar-refractivity contribution in [2.24, 2.45) is 5.92 Å². The van der Waals surface area contributed by atoms with Gasteiger partial charge < -0.3 is 0 Å². The number of hydrogen-bond acceptors (Lipinski definition) is 2. The molecule has 0 spiro atoms. The Morgan fingerprint density at radius 2 is 2.45 bits per heavy atom. The van der Waals surface area contributed by atoms with Gasteiger partial charge in [-0.1, -0.05) is 6.92 Å². The van der Waals surface area contributed by atoms with E-state index < -0.39 is 0 Å². The molecule has 1 unspecified atom stereocenters. The zero-order valence-corrected chi connectivity index (χ0v) is 10.0. The van der Waals surface area contributed by atoms with Crippen molar-refractivity contribution in [2.45, 2.75) is 31.4 Å². The molecule has 0 aromatic rings. The van der Waals surface area contributed by atoms with Gasteiger partial charge in [0.1, 0.15) is 0 Å². The lowest BCUT2D eigenvalue weighted by Crippen LogP contribution is -2.28. The van der Waals surface area contributed by atoms with Crippen LogP contribution >= 0.6 is 35.5 Å². The summed E-state index contributed by atoms with van der Waals surface area (Å²) in [7, 11) is 0. The first-order valence-corrected chi connectivity index (χ1v) is 5.75. The molecular weight excluding hydrogens is 269 g/mol. The third kappa shape index (κ3) is 3.99. The maximum atomic E-state index is 4.42. The molecule has 66 valence electrons. The fraction of sp³-hybridized carbons (Fsp3) is 1.00. The van der Waals surface area contributed by atoms with Crippen molar-refractivity contribution in [3.05, 3.63) is 0 Å². The highest BCUT2D eigenvalue weighted by Gasteiger charge is 2.18. The smallest absolute Gasteiger partial charge is 0.0201 e. The zero-order chi connectivity index (χ0) is 8.27. The third-order valence-corrected chi connectivity index (χ3v) is 3.23. The minimum atomic E-state index is 0.572. The standard InChI is InChI=1S/C8H16INS/c1-7(11)5-8-3-2-4-10(9)6-8/h7-8,11H,2-6H2,1H3/t7?,8-/m1/s1. The maximum Gasteiger partial charge on any atom is 0.0201 e. The van der Waals surface area contributed by atoms with Crippen LogP contribution in [0.4, 0.5) is 0 Å². The summed E-state index contributed by atoms with van der Waals surface area (Å²) in [4.78, 5) is 0. The van der Waals surface area contributed by atoms with E-state index in [1.165, 1.54) is 32.4 Å². The van der Waals surface area contributed by atoms with Gasteiger partial charge in [-0.3, -0.25) is 0 Å². The first-order chi connectivity index (χ1) is 5.18. The Kier molecular flexibility index (Phi) is 4.53. The number of halogens is 1. The van der Waals surface area contributed by atoms with Gasteiger partial charge in [-0.25, -0.2) is 3.11 Å². The Balaban J connectivity index is 2.23. The molecule has 1 aliphatic rings. The second kappa shape index (κ2) is 4.92. The summed E-state index contributed by atoms with van der Waals surface area (Å²) in [5.41, 5.74) is 0. The lowest BCUT2D eigenvalue weighted by Gasteiger charge is -2.28. The summed E-state index contributed by atoms with van der Waals surface area (Å²) in [5, 5.41) is 0.572. The first kappa shape index (κ1) is 10.1. The average Bonchev–Trinajstić information content (AvgIpc) is 1.85. The molecule has 0 aromatic carbocycles. The molecular formula is C8H16INS. The molecule has 1 nitrogen and oxygen atoms in total. The van der Waals surface area contributed by atoms with Gasteiger partial charge in [-0.15, -0.1) is 0 Å². The third-order valence-electron chi connectivity index (χ3n) is 2.14. The van der Waals surface area contributed by atoms with Gasteiger partial charge in [-0.05, 0) is 30.4 Å². The van der Waals surface area contributed by atoms with Gasteiger partial charge in [0, 0.05) is 36.0 Å². The second-order valence-corrected chi connectivity index (χ2v) is 5.71. The van der Waals surface area contributed by atoms with Crippen LogP contribution in [0.1, 0.15) is 26.2 Å². The highest BCUT2D eigenvalue weighted by molar-refractivity contribution is 14.1. The van der Waals surface area contributed by atoms with E-state index >= 15 is 0 Å². The second-order valence-electron chi connectivity index (χ2n) is 3.46. The SMILES string of the molecule is CC(S)C[C@H]1CCCN(I)C1. The van der Waals surface area contributed by atoms with Crippen LogP contribution in [0.2, 0.25) is 0 Å². The molecule has 2 atom stereocenters. The predicted molar refractivity (Wildman–Crippen MR) is 61.4 cm³/mol. The Hall–Kier alpha value is 1.04. The van der Waals surface area contributed by atoms with E-state index in [0.29, 0.717) is 5.25 Å². The summed E-state index contributed by atoms with van der Waals surface area (Å²) >= 11 is 6.84. The van der Waals surface area contributed by atoms with Crippen molar-refractivity contribution < 1.29 is 0 Å². The highest BCUT2D eigenvalue weighted by atomic mass is 127. The largest absolute Gasteiger partial charge is 0.247 e. The molecule has 1 heterocycles. The quantitative estimate of drug-likeness (QED) is 0.464. The monoisotopic (exact) mass is 285 g/mol. The van der Waals surface area contributed by atoms with Crippen LogP contribution in [0.5, 0.6) is 0 Å². The van der Waals surface area contributed by atoms with E-state index in [1.807, 2.05) is 0 Å². The van der Waals surface area contributed by atoms with Crippen LogP contribution < -0.4 is 0 Å². The number of thiol groups is 1. The molecule has 3 heteroatoms. The summed E-state index contributed by atoms with van der Waals surface area (Å²) in [6.45, 7) is 4.73. The van der Waals surface area contributed by atoms with Gasteiger partial charge in [0.2, 0.25) is 0 Å². The van der Waals surface area contributed by atoms with E-state index in [1.54, 1.807) is 0 Å². The normalized spacial score (nSPS) is 30.3. The maximum absolute atomic E-state index is 4.42. The Morgan fingerprint density at radius 3 is 3.00 bits per heavy atom. The number of nitrogens with zero attached hydrogens (tertiary/aromatic N) is 1. The number of piperidine rings is 1. The molecule has 11 heavy (non-hydrogen) atoms. The van der Waals surface area contributed by atoms with Crippen LogP contribution in [0, 0.1) is 5.92 Å². The molecule has 0 aromatic heterocycles. The zero-order valence-electron chi connectivity index (χ0n) is 6.96. The van der Waals surface area contributed by atoms with Crippen LogP contribution in [-0.4, -0.2) is 21.5 Å². The summed E-state index contributed by atoms with van der Waals surface area (Å²) in [6, 6.07) is 0. The molecule has 1 aliphatic heterocycles. The minimum absolute atomic E-state index is 0.572. The van der Waals surface area contributed by atoms with Crippen molar-refractivity contribution in [2.75, 3.05) is 13.1 Å². The fourth-order valence-corrected chi connectivity index (χ4v) is 2.89. The van der Waals surface area contributed by atoms with Gasteiger partial charge in [-0.2, -0.15) is 12.6 Å². The number of rotatable bonds is 2. The molecule has 0 radical (unpaired) electrons. The van der Waals surface area contributed by atoms with E-state index in [0.717, 1.165) is 5.92 Å². The van der Waals surface area contributed by atoms with Gasteiger partial charge in [0.15, 0.2) is 0 Å². The van der Waals surface area contributed by atoms with Crippen molar-refractivity contribution in [1.82, 2.24) is 3.11 Å². The lowest BCUT2D eigenvalue weighted by atomic mass is 9.95. The lowest BCUT2D eigenvalue weighted by molar-refractivity contribution is 0.290. The van der Waals surface area contributed by atoms with Crippen molar-refractivity contribution in [3.63, 3.8) is 0 Å². The Bertz CT molecular complexity index is 117. The molecule has 0 aliphatic carbocycles. The average molecular weight is 285 g/mol. The molecule has 0 saturated carbocycles. The summed E-state index contributed by atoms with van der Waals surface area (Å²) in [6.07, 6.45) is 4.06. The van der Waals surface area contributed by atoms with E-state index in [2.05, 4.69) is 45.5 Å². The summed E-state index contributed by atoms with van der Waals surface area (Å²) in [5.74, 6) is 0.896. The van der Waals surface area contributed by atoms with Crippen molar-refractivity contribution in [3.8, 4) is 0 Å². The fourth-order valence-electron chi connectivity index (χ4n) is 1.69. The Labute approximate surface area is 88.8 Å². The summed E-state index contributed by atoms with van der Waals surface area (Å²) < 4.78 is 2.40. The van der Waals surface area contributed by atoms with Crippen molar-refractivity contribution in [1.29, 1.82) is 0 Å². The molecule has 1 fully saturated rings. The Morgan fingerprint density at radius 1 is 1.73 bits per heavy atom. The van der Waals surface area contributed by atoms with Crippen LogP contribution in [0.3, 0.4) is 0 Å². The topological polar surface area (TPSA) is 3.24 Å². The van der Waals surface area contributed by atoms with E-state index in [4.69, 9.17) is 0 Å². The number of hydrogen-bond donors (Lipinski definition) is 1. The van der Waals surface area contributed by atoms with Crippen LogP contribution in [0.25, 0.3) is 0 Å². The molecule has 1 saturated heterocycles. The first-order valence-electron chi connectivity index (χ1n) is 4.27. The molecule has 0 N–H and O–H groups in total. The molecule has 0 amide bonds. The van der Waals surface area contributed by atoms with Gasteiger partial charge in [0.05, 0.1) is 0 Å². The van der Waals surface area contributed by atoms with Gasteiger partial charge >= 0.3 is 0 Å². The van der Waals surface area contributed by atoms with E-state index in [-0.39, 0.29) is 0 Å². The van der Waals surface area contributed by atoms with Gasteiger partial charge in [0.25, 0.3) is 0 Å². The van der Waals surface area contributed by atoms with Crippen LogP contribution in [-0.2, 0) is 0 Å². The molecule has 1 rings (SSSR count). The highest BCUT2D eigenvalue weighted by Crippen LogP contribution is 2.24. The van der Waals surface area contributed by atoms with Crippen LogP contribution in [0.15, 0.2) is 0 Å². The van der Waals surface area contributed by atoms with E-state index in [9.17, 15) is 0 Å².